The van der Waals surface area contributed by atoms with Crippen molar-refractivity contribution in [1.29, 1.82) is 0 Å². The molecule has 1 N–H and O–H groups in total. The number of ether oxygens (including phenoxy) is 1. The van der Waals surface area contributed by atoms with Crippen molar-refractivity contribution in [3.63, 3.8) is 0 Å². The highest BCUT2D eigenvalue weighted by atomic mass is 16.5. The summed E-state index contributed by atoms with van der Waals surface area (Å²) in [5, 5.41) is 2.45. The predicted octanol–water partition coefficient (Wildman–Crippen LogP) is -0.0233. The molecule has 0 fully saturated rings. The van der Waals surface area contributed by atoms with Crippen LogP contribution in [-0.2, 0) is 25.5 Å². The van der Waals surface area contributed by atoms with E-state index in [1.165, 1.54) is 4.90 Å². The summed E-state index contributed by atoms with van der Waals surface area (Å²) in [6.45, 7) is -0.563. The van der Waals surface area contributed by atoms with Gasteiger partial charge in [-0.1, -0.05) is 30.3 Å². The monoisotopic (exact) mass is 278 g/mol. The molecule has 1 aromatic rings. The highest BCUT2D eigenvalue weighted by Gasteiger charge is 2.10. The van der Waals surface area contributed by atoms with Crippen LogP contribution in [0.2, 0.25) is 0 Å². The van der Waals surface area contributed by atoms with Crippen LogP contribution < -0.4 is 5.32 Å². The zero-order valence-corrected chi connectivity index (χ0v) is 11.6. The quantitative estimate of drug-likeness (QED) is 0.742. The van der Waals surface area contributed by atoms with Crippen LogP contribution in [0.1, 0.15) is 5.56 Å². The third kappa shape index (κ3) is 5.99. The van der Waals surface area contributed by atoms with E-state index in [9.17, 15) is 14.4 Å². The summed E-state index contributed by atoms with van der Waals surface area (Å²) in [6, 6.07) is 9.19. The Morgan fingerprint density at radius 1 is 1.15 bits per heavy atom. The average Bonchev–Trinajstić information content (AvgIpc) is 2.43. The Bertz CT molecular complexity index is 471. The number of nitrogens with one attached hydrogen (secondary N) is 1. The molecule has 0 spiro atoms. The van der Waals surface area contributed by atoms with Gasteiger partial charge in [-0.2, -0.15) is 0 Å². The molecule has 1 aromatic carbocycles. The van der Waals surface area contributed by atoms with E-state index >= 15 is 0 Å². The molecule has 0 saturated heterocycles. The van der Waals surface area contributed by atoms with Crippen molar-refractivity contribution >= 4 is 17.8 Å². The van der Waals surface area contributed by atoms with Crippen molar-refractivity contribution in [1.82, 2.24) is 10.2 Å². The van der Waals surface area contributed by atoms with E-state index in [1.807, 2.05) is 30.3 Å². The SMILES string of the molecule is CN(C)C(=O)COC(=O)CNC(=O)Cc1ccccc1. The lowest BCUT2D eigenvalue weighted by molar-refractivity contribution is -0.150. The molecular weight excluding hydrogens is 260 g/mol. The van der Waals surface area contributed by atoms with Gasteiger partial charge in [-0.3, -0.25) is 14.4 Å². The lowest BCUT2D eigenvalue weighted by Crippen LogP contribution is -2.34. The van der Waals surface area contributed by atoms with Gasteiger partial charge in [0.1, 0.15) is 6.54 Å². The number of carbonyl (C=O) groups excluding carboxylic acids is 3. The highest BCUT2D eigenvalue weighted by Crippen LogP contribution is 1.98. The van der Waals surface area contributed by atoms with Crippen molar-refractivity contribution in [3.05, 3.63) is 35.9 Å². The maximum atomic E-state index is 11.6. The molecule has 1 rings (SSSR count). The summed E-state index contributed by atoms with van der Waals surface area (Å²) < 4.78 is 4.72. The predicted molar refractivity (Wildman–Crippen MR) is 72.8 cm³/mol. The molecule has 0 atom stereocenters. The number of hydrogen-bond acceptors (Lipinski definition) is 4. The van der Waals surface area contributed by atoms with Crippen LogP contribution >= 0.6 is 0 Å². The Morgan fingerprint density at radius 3 is 2.40 bits per heavy atom. The van der Waals surface area contributed by atoms with Crippen molar-refractivity contribution in [2.45, 2.75) is 6.42 Å². The summed E-state index contributed by atoms with van der Waals surface area (Å²) in [5.74, 6) is -1.22. The van der Waals surface area contributed by atoms with Crippen LogP contribution in [0.5, 0.6) is 0 Å². The summed E-state index contributed by atoms with van der Waals surface area (Å²) >= 11 is 0. The van der Waals surface area contributed by atoms with Gasteiger partial charge in [-0.15, -0.1) is 0 Å². The maximum Gasteiger partial charge on any atom is 0.325 e. The number of hydrogen-bond donors (Lipinski definition) is 1. The summed E-state index contributed by atoms with van der Waals surface area (Å²) in [5.41, 5.74) is 0.862. The van der Waals surface area contributed by atoms with E-state index in [-0.39, 0.29) is 31.4 Å². The maximum absolute atomic E-state index is 11.6. The topological polar surface area (TPSA) is 75.7 Å². The van der Waals surface area contributed by atoms with Crippen molar-refractivity contribution in [3.8, 4) is 0 Å². The first-order valence-electron chi connectivity index (χ1n) is 6.15. The Kier molecular flexibility index (Phi) is 6.22. The van der Waals surface area contributed by atoms with Gasteiger partial charge in [0.25, 0.3) is 5.91 Å². The summed E-state index contributed by atoms with van der Waals surface area (Å²) in [4.78, 5) is 35.4. The lowest BCUT2D eigenvalue weighted by Gasteiger charge is -2.10. The number of amides is 2. The number of benzene rings is 1. The van der Waals surface area contributed by atoms with E-state index in [0.717, 1.165) is 5.56 Å². The molecule has 0 unspecified atom stereocenters. The normalized spacial score (nSPS) is 9.70. The van der Waals surface area contributed by atoms with Gasteiger partial charge in [-0.25, -0.2) is 0 Å². The van der Waals surface area contributed by atoms with E-state index in [4.69, 9.17) is 4.74 Å². The Hall–Kier alpha value is -2.37. The van der Waals surface area contributed by atoms with Crippen molar-refractivity contribution in [2.24, 2.45) is 0 Å². The van der Waals surface area contributed by atoms with E-state index in [0.29, 0.717) is 0 Å². The molecule has 0 aromatic heterocycles. The van der Waals surface area contributed by atoms with Crippen LogP contribution in [0.3, 0.4) is 0 Å². The number of likely N-dealkylation sites (N-methyl/N-ethyl adjacent to an activating group) is 1. The fourth-order valence-electron chi connectivity index (χ4n) is 1.34. The van der Waals surface area contributed by atoms with Gasteiger partial charge in [-0.05, 0) is 5.56 Å². The third-order valence-electron chi connectivity index (χ3n) is 2.49. The molecule has 6 nitrogen and oxygen atoms in total. The second kappa shape index (κ2) is 7.93. The molecule has 0 aliphatic carbocycles. The molecule has 0 saturated carbocycles. The molecule has 6 heteroatoms. The Balaban J connectivity index is 2.24. The molecule has 0 aliphatic rings. The van der Waals surface area contributed by atoms with Crippen LogP contribution in [0.25, 0.3) is 0 Å². The average molecular weight is 278 g/mol. The molecule has 0 bridgehead atoms. The molecule has 0 heterocycles. The van der Waals surface area contributed by atoms with Crippen molar-refractivity contribution in [2.75, 3.05) is 27.2 Å². The van der Waals surface area contributed by atoms with Gasteiger partial charge in [0.2, 0.25) is 5.91 Å². The van der Waals surface area contributed by atoms with Gasteiger partial charge in [0.15, 0.2) is 6.61 Å². The Morgan fingerprint density at radius 2 is 1.80 bits per heavy atom. The van der Waals surface area contributed by atoms with Crippen LogP contribution in [-0.4, -0.2) is 49.9 Å². The highest BCUT2D eigenvalue weighted by molar-refractivity contribution is 5.85. The number of rotatable bonds is 6. The summed E-state index contributed by atoms with van der Waals surface area (Å²) in [6.07, 6.45) is 0.199. The number of carbonyl (C=O) groups is 3. The fourth-order valence-corrected chi connectivity index (χ4v) is 1.34. The minimum atomic E-state index is -0.637. The minimum absolute atomic E-state index is 0.199. The van der Waals surface area contributed by atoms with Crippen LogP contribution in [0.15, 0.2) is 30.3 Å². The van der Waals surface area contributed by atoms with Gasteiger partial charge in [0.05, 0.1) is 6.42 Å². The van der Waals surface area contributed by atoms with E-state index < -0.39 is 5.97 Å². The fraction of sp³-hybridized carbons (Fsp3) is 0.357. The largest absolute Gasteiger partial charge is 0.454 e. The van der Waals surface area contributed by atoms with Gasteiger partial charge < -0.3 is 15.0 Å². The van der Waals surface area contributed by atoms with Crippen molar-refractivity contribution < 1.29 is 19.1 Å². The van der Waals surface area contributed by atoms with E-state index in [2.05, 4.69) is 5.32 Å². The summed E-state index contributed by atoms with van der Waals surface area (Å²) in [7, 11) is 3.13. The lowest BCUT2D eigenvalue weighted by atomic mass is 10.1. The zero-order chi connectivity index (χ0) is 15.0. The van der Waals surface area contributed by atoms with Crippen LogP contribution in [0, 0.1) is 0 Å². The minimum Gasteiger partial charge on any atom is -0.454 e. The standard InChI is InChI=1S/C14H18N2O4/c1-16(2)13(18)10-20-14(19)9-15-12(17)8-11-6-4-3-5-7-11/h3-7H,8-10H2,1-2H3,(H,15,17). The second-order valence-electron chi connectivity index (χ2n) is 4.39. The Labute approximate surface area is 117 Å². The van der Waals surface area contributed by atoms with E-state index in [1.54, 1.807) is 14.1 Å². The van der Waals surface area contributed by atoms with Gasteiger partial charge >= 0.3 is 5.97 Å². The van der Waals surface area contributed by atoms with Crippen LogP contribution in [0.4, 0.5) is 0 Å². The molecular formula is C14H18N2O4. The number of nitrogens with zero attached hydrogens (tertiary/aromatic N) is 1. The zero-order valence-electron chi connectivity index (χ0n) is 11.6. The first kappa shape index (κ1) is 15.7. The molecule has 0 aliphatic heterocycles. The second-order valence-corrected chi connectivity index (χ2v) is 4.39. The first-order chi connectivity index (χ1) is 9.49. The molecule has 0 radical (unpaired) electrons. The van der Waals surface area contributed by atoms with Gasteiger partial charge in [0, 0.05) is 14.1 Å². The first-order valence-corrected chi connectivity index (χ1v) is 6.15. The molecule has 2 amide bonds. The molecule has 20 heavy (non-hydrogen) atoms. The molecule has 108 valence electrons. The number of esters is 1. The smallest absolute Gasteiger partial charge is 0.325 e. The third-order valence-corrected chi connectivity index (χ3v) is 2.49.